The highest BCUT2D eigenvalue weighted by atomic mass is 35.5. The summed E-state index contributed by atoms with van der Waals surface area (Å²) in [6.45, 7) is -0.164. The van der Waals surface area contributed by atoms with E-state index in [1.165, 1.54) is 40.3 Å². The van der Waals surface area contributed by atoms with E-state index >= 15 is 0 Å². The van der Waals surface area contributed by atoms with Crippen LogP contribution in [0.5, 0.6) is 5.75 Å². The quantitative estimate of drug-likeness (QED) is 0.237. The van der Waals surface area contributed by atoms with Crippen LogP contribution < -0.4 is 15.0 Å². The molecule has 208 valence electrons. The molecule has 2 aromatic heterocycles. The second-order valence-corrected chi connectivity index (χ2v) is 10.3. The number of methoxy groups -OCH3 is 1. The van der Waals surface area contributed by atoms with Gasteiger partial charge in [-0.2, -0.15) is 4.80 Å². The number of halogens is 2. The summed E-state index contributed by atoms with van der Waals surface area (Å²) in [4.78, 5) is 31.3. The molecule has 0 aliphatic heterocycles. The van der Waals surface area contributed by atoms with Gasteiger partial charge in [-0.1, -0.05) is 48.0 Å². The van der Waals surface area contributed by atoms with Crippen molar-refractivity contribution in [3.05, 3.63) is 112 Å². The summed E-state index contributed by atoms with van der Waals surface area (Å²) >= 11 is 7.60. The van der Waals surface area contributed by atoms with Crippen LogP contribution in [0, 0.1) is 5.82 Å². The number of ether oxygens (including phenoxy) is 1. The Morgan fingerprint density at radius 2 is 1.85 bits per heavy atom. The van der Waals surface area contributed by atoms with Gasteiger partial charge in [-0.25, -0.2) is 4.39 Å². The fraction of sp³-hybridized carbons (Fsp3) is 0.138. The third-order valence-corrected chi connectivity index (χ3v) is 7.26. The molecule has 0 saturated heterocycles. The topological polar surface area (TPSA) is 102 Å². The average Bonchev–Trinajstić information content (AvgIpc) is 3.69. The molecule has 0 bridgehead atoms. The number of carbonyl (C=O) groups excluding carboxylic acids is 2. The SMILES string of the molecule is COc1cccc(N(C(=O)Cn2nnc(-c3cccs3)n2)[C@@H](C(=O)NCc2ccc(F)cc2)c2ccc(Cl)cc2)c1. The Bertz CT molecular complexity index is 1630. The van der Waals surface area contributed by atoms with Gasteiger partial charge in [0.15, 0.2) is 0 Å². The Kier molecular flexibility index (Phi) is 8.66. The number of hydrogen-bond acceptors (Lipinski definition) is 7. The van der Waals surface area contributed by atoms with Crippen molar-refractivity contribution >= 4 is 40.4 Å². The number of hydrogen-bond donors (Lipinski definition) is 1. The van der Waals surface area contributed by atoms with Crippen LogP contribution in [0.15, 0.2) is 90.3 Å². The smallest absolute Gasteiger partial charge is 0.251 e. The fourth-order valence-electron chi connectivity index (χ4n) is 4.16. The predicted octanol–water partition coefficient (Wildman–Crippen LogP) is 5.29. The number of benzene rings is 3. The largest absolute Gasteiger partial charge is 0.497 e. The van der Waals surface area contributed by atoms with Gasteiger partial charge in [-0.05, 0) is 64.2 Å². The first-order valence-corrected chi connectivity index (χ1v) is 13.7. The molecule has 5 aromatic rings. The Hall–Kier alpha value is -4.61. The van der Waals surface area contributed by atoms with Crippen molar-refractivity contribution in [1.82, 2.24) is 25.5 Å². The number of rotatable bonds is 10. The van der Waals surface area contributed by atoms with Crippen molar-refractivity contribution < 1.29 is 18.7 Å². The molecule has 0 aliphatic rings. The minimum absolute atomic E-state index is 0.123. The standard InChI is InChI=1S/C29H24ClFN6O3S/c1-40-24-5-2-4-23(16-24)37(26(38)18-36-34-28(33-35-36)25-6-3-15-41-25)27(20-9-11-21(30)12-10-20)29(39)32-17-19-7-13-22(31)14-8-19/h2-16,27H,17-18H2,1H3,(H,32,39)/t27-/m1/s1. The van der Waals surface area contributed by atoms with Crippen LogP contribution in [0.1, 0.15) is 17.2 Å². The highest BCUT2D eigenvalue weighted by Gasteiger charge is 2.33. The maximum atomic E-state index is 14.0. The molecule has 12 heteroatoms. The van der Waals surface area contributed by atoms with Gasteiger partial charge in [-0.3, -0.25) is 14.5 Å². The highest BCUT2D eigenvalue weighted by molar-refractivity contribution is 7.13. The number of tetrazole rings is 1. The zero-order valence-corrected chi connectivity index (χ0v) is 23.3. The summed E-state index contributed by atoms with van der Waals surface area (Å²) in [5.41, 5.74) is 1.64. The molecule has 41 heavy (non-hydrogen) atoms. The molecule has 2 amide bonds. The molecule has 2 heterocycles. The molecule has 9 nitrogen and oxygen atoms in total. The molecule has 0 spiro atoms. The number of anilines is 1. The van der Waals surface area contributed by atoms with E-state index in [1.54, 1.807) is 60.7 Å². The van der Waals surface area contributed by atoms with Crippen molar-refractivity contribution in [2.45, 2.75) is 19.1 Å². The molecule has 0 aliphatic carbocycles. The second kappa shape index (κ2) is 12.7. The van der Waals surface area contributed by atoms with Crippen LogP contribution in [0.3, 0.4) is 0 Å². The van der Waals surface area contributed by atoms with Crippen molar-refractivity contribution in [3.8, 4) is 16.5 Å². The van der Waals surface area contributed by atoms with Gasteiger partial charge < -0.3 is 10.1 Å². The van der Waals surface area contributed by atoms with Gasteiger partial charge in [0.05, 0.1) is 12.0 Å². The Morgan fingerprint density at radius 1 is 1.07 bits per heavy atom. The molecular weight excluding hydrogens is 567 g/mol. The van der Waals surface area contributed by atoms with Crippen molar-refractivity contribution in [2.24, 2.45) is 0 Å². The number of nitrogens with one attached hydrogen (secondary N) is 1. The van der Waals surface area contributed by atoms with E-state index in [0.717, 1.165) is 4.88 Å². The number of amides is 2. The average molecular weight is 591 g/mol. The molecule has 5 rings (SSSR count). The van der Waals surface area contributed by atoms with Gasteiger partial charge in [0.2, 0.25) is 11.7 Å². The number of carbonyl (C=O) groups is 2. The van der Waals surface area contributed by atoms with Gasteiger partial charge in [0, 0.05) is 23.3 Å². The number of thiophene rings is 1. The number of nitrogens with zero attached hydrogens (tertiary/aromatic N) is 5. The molecule has 3 aromatic carbocycles. The van der Waals surface area contributed by atoms with Crippen LogP contribution >= 0.6 is 22.9 Å². The highest BCUT2D eigenvalue weighted by Crippen LogP contribution is 2.31. The summed E-state index contributed by atoms with van der Waals surface area (Å²) < 4.78 is 18.8. The minimum Gasteiger partial charge on any atom is -0.497 e. The summed E-state index contributed by atoms with van der Waals surface area (Å²) in [7, 11) is 1.52. The molecule has 0 unspecified atom stereocenters. The Labute approximate surface area is 244 Å². The molecule has 1 N–H and O–H groups in total. The van der Waals surface area contributed by atoms with E-state index in [1.807, 2.05) is 17.5 Å². The van der Waals surface area contributed by atoms with Gasteiger partial charge in [0.25, 0.3) is 5.91 Å². The maximum Gasteiger partial charge on any atom is 0.251 e. The predicted molar refractivity (Wildman–Crippen MR) is 154 cm³/mol. The van der Waals surface area contributed by atoms with Crippen LogP contribution in [0.25, 0.3) is 10.7 Å². The first-order valence-electron chi connectivity index (χ1n) is 12.5. The zero-order chi connectivity index (χ0) is 28.8. The van der Waals surface area contributed by atoms with E-state index in [4.69, 9.17) is 16.3 Å². The summed E-state index contributed by atoms with van der Waals surface area (Å²) in [6.07, 6.45) is 0. The number of aromatic nitrogens is 4. The van der Waals surface area contributed by atoms with Crippen molar-refractivity contribution in [3.63, 3.8) is 0 Å². The summed E-state index contributed by atoms with van der Waals surface area (Å²) in [5, 5.41) is 17.7. The molecule has 0 fully saturated rings. The van der Waals surface area contributed by atoms with Crippen LogP contribution in [-0.2, 0) is 22.7 Å². The van der Waals surface area contributed by atoms with Crippen molar-refractivity contribution in [1.29, 1.82) is 0 Å². The Morgan fingerprint density at radius 3 is 2.56 bits per heavy atom. The molecule has 1 atom stereocenters. The van der Waals surface area contributed by atoms with Gasteiger partial charge >= 0.3 is 0 Å². The van der Waals surface area contributed by atoms with E-state index in [9.17, 15) is 14.0 Å². The lowest BCUT2D eigenvalue weighted by molar-refractivity contribution is -0.127. The van der Waals surface area contributed by atoms with Gasteiger partial charge in [0.1, 0.15) is 24.2 Å². The molecule has 0 radical (unpaired) electrons. The first-order chi connectivity index (χ1) is 19.9. The van der Waals surface area contributed by atoms with Crippen LogP contribution in [0.4, 0.5) is 10.1 Å². The molecule has 0 saturated carbocycles. The summed E-state index contributed by atoms with van der Waals surface area (Å²) in [5.74, 6) is -0.408. The lowest BCUT2D eigenvalue weighted by Gasteiger charge is -2.31. The minimum atomic E-state index is -1.10. The van der Waals surface area contributed by atoms with Crippen molar-refractivity contribution in [2.75, 3.05) is 12.0 Å². The van der Waals surface area contributed by atoms with Crippen LogP contribution in [0.2, 0.25) is 5.02 Å². The summed E-state index contributed by atoms with van der Waals surface area (Å²) in [6, 6.07) is 22.0. The van der Waals surface area contributed by atoms with E-state index in [2.05, 4.69) is 20.7 Å². The third kappa shape index (κ3) is 6.76. The van der Waals surface area contributed by atoms with E-state index < -0.39 is 17.9 Å². The van der Waals surface area contributed by atoms with Crippen LogP contribution in [-0.4, -0.2) is 39.1 Å². The normalized spacial score (nSPS) is 11.6. The zero-order valence-electron chi connectivity index (χ0n) is 21.8. The Balaban J connectivity index is 1.51. The lowest BCUT2D eigenvalue weighted by Crippen LogP contribution is -2.45. The van der Waals surface area contributed by atoms with Gasteiger partial charge in [-0.15, -0.1) is 21.5 Å². The lowest BCUT2D eigenvalue weighted by atomic mass is 10.0. The van der Waals surface area contributed by atoms with E-state index in [-0.39, 0.29) is 18.9 Å². The monoisotopic (exact) mass is 590 g/mol. The fourth-order valence-corrected chi connectivity index (χ4v) is 4.93. The van der Waals surface area contributed by atoms with E-state index in [0.29, 0.717) is 33.4 Å². The maximum absolute atomic E-state index is 14.0. The second-order valence-electron chi connectivity index (χ2n) is 8.88. The third-order valence-electron chi connectivity index (χ3n) is 6.14. The first kappa shape index (κ1) is 27.9. The molecular formula is C29H24ClFN6O3S.